The SMILES string of the molecule is COC(OC)[Si]CCCNC1CC(C)(C)N(OC)C(C)(C)C1. The molecule has 0 saturated carbocycles. The van der Waals surface area contributed by atoms with Gasteiger partial charge >= 0.3 is 0 Å². The van der Waals surface area contributed by atoms with E-state index in [9.17, 15) is 0 Å². The van der Waals surface area contributed by atoms with Crippen LogP contribution >= 0.6 is 0 Å². The average Bonchev–Trinajstić information content (AvgIpc) is 2.40. The van der Waals surface area contributed by atoms with Gasteiger partial charge in [-0.15, -0.1) is 0 Å². The van der Waals surface area contributed by atoms with Crippen LogP contribution in [0.2, 0.25) is 6.04 Å². The molecule has 0 unspecified atom stereocenters. The zero-order chi connectivity index (χ0) is 16.8. The molecule has 130 valence electrons. The molecule has 0 aromatic heterocycles. The van der Waals surface area contributed by atoms with Gasteiger partial charge in [0.25, 0.3) is 0 Å². The van der Waals surface area contributed by atoms with Gasteiger partial charge in [0, 0.05) is 31.3 Å². The summed E-state index contributed by atoms with van der Waals surface area (Å²) in [4.78, 5) is 5.64. The van der Waals surface area contributed by atoms with Crippen LogP contribution in [-0.2, 0) is 14.3 Å². The monoisotopic (exact) mass is 330 g/mol. The van der Waals surface area contributed by atoms with Crippen LogP contribution in [0.4, 0.5) is 0 Å². The quantitative estimate of drug-likeness (QED) is 0.399. The first-order valence-electron chi connectivity index (χ1n) is 8.13. The molecule has 0 spiro atoms. The molecule has 5 nitrogen and oxygen atoms in total. The minimum Gasteiger partial charge on any atom is -0.360 e. The minimum absolute atomic E-state index is 0.0391. The van der Waals surface area contributed by atoms with Gasteiger partial charge in [-0.3, -0.25) is 0 Å². The number of hydrogen-bond donors (Lipinski definition) is 1. The van der Waals surface area contributed by atoms with Crippen molar-refractivity contribution in [3.05, 3.63) is 0 Å². The van der Waals surface area contributed by atoms with Crippen molar-refractivity contribution in [1.29, 1.82) is 0 Å². The highest BCUT2D eigenvalue weighted by Gasteiger charge is 2.45. The third kappa shape index (κ3) is 5.58. The first kappa shape index (κ1) is 20.1. The molecule has 1 fully saturated rings. The first-order chi connectivity index (χ1) is 10.3. The molecule has 22 heavy (non-hydrogen) atoms. The largest absolute Gasteiger partial charge is 0.360 e. The van der Waals surface area contributed by atoms with Crippen LogP contribution in [0.3, 0.4) is 0 Å². The van der Waals surface area contributed by atoms with Crippen molar-refractivity contribution in [3.63, 3.8) is 0 Å². The summed E-state index contributed by atoms with van der Waals surface area (Å²) < 4.78 is 10.5. The Bertz CT molecular complexity index is 305. The number of hydroxylamine groups is 2. The molecule has 1 aliphatic heterocycles. The number of rotatable bonds is 9. The number of methoxy groups -OCH3 is 2. The molecule has 1 rings (SSSR count). The molecule has 0 aromatic carbocycles. The van der Waals surface area contributed by atoms with Crippen molar-refractivity contribution in [2.75, 3.05) is 27.9 Å². The summed E-state index contributed by atoms with van der Waals surface area (Å²) in [5.41, 5.74) is 0.0974. The second kappa shape index (κ2) is 8.75. The van der Waals surface area contributed by atoms with E-state index in [1.165, 1.54) is 0 Å². The molecule has 0 atom stereocenters. The lowest BCUT2D eigenvalue weighted by molar-refractivity contribution is -0.267. The number of ether oxygens (including phenoxy) is 2. The summed E-state index contributed by atoms with van der Waals surface area (Å²) in [5, 5.41) is 5.88. The van der Waals surface area contributed by atoms with Crippen molar-refractivity contribution >= 4 is 9.52 Å². The highest BCUT2D eigenvalue weighted by molar-refractivity contribution is 6.36. The van der Waals surface area contributed by atoms with E-state index in [1.807, 2.05) is 0 Å². The van der Waals surface area contributed by atoms with Crippen molar-refractivity contribution in [2.45, 2.75) is 76.0 Å². The molecular weight excluding hydrogens is 296 g/mol. The van der Waals surface area contributed by atoms with Crippen LogP contribution in [0.25, 0.3) is 0 Å². The Morgan fingerprint density at radius 3 is 2.09 bits per heavy atom. The Labute approximate surface area is 138 Å². The zero-order valence-corrected chi connectivity index (χ0v) is 16.4. The Hall–Kier alpha value is 0.0169. The third-order valence-corrected chi connectivity index (χ3v) is 5.75. The predicted molar refractivity (Wildman–Crippen MR) is 91.0 cm³/mol. The molecule has 0 aromatic rings. The van der Waals surface area contributed by atoms with Gasteiger partial charge in [-0.2, -0.15) is 5.06 Å². The van der Waals surface area contributed by atoms with Crippen LogP contribution < -0.4 is 5.32 Å². The Morgan fingerprint density at radius 1 is 1.09 bits per heavy atom. The smallest absolute Gasteiger partial charge is 0.136 e. The van der Waals surface area contributed by atoms with Crippen molar-refractivity contribution in [1.82, 2.24) is 10.4 Å². The molecule has 1 heterocycles. The molecule has 6 heteroatoms. The third-order valence-electron chi connectivity index (χ3n) is 4.30. The van der Waals surface area contributed by atoms with Crippen LogP contribution in [0.5, 0.6) is 0 Å². The fraction of sp³-hybridized carbons (Fsp3) is 1.00. The summed E-state index contributed by atoms with van der Waals surface area (Å²) >= 11 is 0. The lowest BCUT2D eigenvalue weighted by atomic mass is 9.79. The van der Waals surface area contributed by atoms with Gasteiger partial charge in [0.1, 0.15) is 15.4 Å². The van der Waals surface area contributed by atoms with Crippen LogP contribution in [0.15, 0.2) is 0 Å². The summed E-state index contributed by atoms with van der Waals surface area (Å²) in [5.74, 6) is -0.0391. The molecule has 1 N–H and O–H groups in total. The average molecular weight is 331 g/mol. The van der Waals surface area contributed by atoms with Gasteiger partial charge < -0.3 is 19.6 Å². The zero-order valence-electron chi connectivity index (χ0n) is 15.4. The van der Waals surface area contributed by atoms with E-state index in [4.69, 9.17) is 14.3 Å². The van der Waals surface area contributed by atoms with Crippen molar-refractivity contribution in [3.8, 4) is 0 Å². The van der Waals surface area contributed by atoms with Gasteiger partial charge in [0.2, 0.25) is 0 Å². The van der Waals surface area contributed by atoms with E-state index in [1.54, 1.807) is 21.3 Å². The topological polar surface area (TPSA) is 43.0 Å². The molecule has 0 amide bonds. The number of piperidine rings is 1. The maximum atomic E-state index is 5.64. The fourth-order valence-electron chi connectivity index (χ4n) is 3.78. The minimum atomic E-state index is -0.0391. The maximum Gasteiger partial charge on any atom is 0.136 e. The summed E-state index contributed by atoms with van der Waals surface area (Å²) in [6.45, 7) is 10.1. The number of nitrogens with zero attached hydrogens (tertiary/aromatic N) is 1. The van der Waals surface area contributed by atoms with E-state index < -0.39 is 0 Å². The van der Waals surface area contributed by atoms with Crippen molar-refractivity contribution in [2.24, 2.45) is 0 Å². The van der Waals surface area contributed by atoms with Gasteiger partial charge in [-0.1, -0.05) is 6.04 Å². The second-order valence-electron chi connectivity index (χ2n) is 7.27. The Morgan fingerprint density at radius 2 is 1.64 bits per heavy atom. The molecule has 0 aliphatic carbocycles. The van der Waals surface area contributed by atoms with E-state index in [0.717, 1.165) is 31.9 Å². The Balaban J connectivity index is 2.35. The van der Waals surface area contributed by atoms with Gasteiger partial charge in [-0.25, -0.2) is 0 Å². The lowest BCUT2D eigenvalue weighted by Gasteiger charge is -2.53. The first-order valence-corrected chi connectivity index (χ1v) is 9.42. The molecule has 1 aliphatic rings. The second-order valence-corrected chi connectivity index (χ2v) is 8.65. The Kier molecular flexibility index (Phi) is 7.98. The van der Waals surface area contributed by atoms with E-state index in [-0.39, 0.29) is 17.0 Å². The molecular formula is C16H34N2O3Si. The van der Waals surface area contributed by atoms with Crippen molar-refractivity contribution < 1.29 is 14.3 Å². The highest BCUT2D eigenvalue weighted by atomic mass is 28.2. The van der Waals surface area contributed by atoms with E-state index in [2.05, 4.69) is 38.1 Å². The van der Waals surface area contributed by atoms with Gasteiger partial charge in [0.05, 0.1) is 7.11 Å². The molecule has 2 radical (unpaired) electrons. The van der Waals surface area contributed by atoms with Gasteiger partial charge in [-0.05, 0) is 53.5 Å². The summed E-state index contributed by atoms with van der Waals surface area (Å²) in [6, 6.07) is 1.68. The van der Waals surface area contributed by atoms with Crippen LogP contribution in [0, 0.1) is 0 Å². The highest BCUT2D eigenvalue weighted by Crippen LogP contribution is 2.38. The summed E-state index contributed by atoms with van der Waals surface area (Å²) in [7, 11) is 5.88. The van der Waals surface area contributed by atoms with E-state index >= 15 is 0 Å². The molecule has 0 bridgehead atoms. The maximum absolute atomic E-state index is 5.64. The number of nitrogens with one attached hydrogen (secondary N) is 1. The van der Waals surface area contributed by atoms with Crippen LogP contribution in [-0.4, -0.2) is 65.5 Å². The lowest BCUT2D eigenvalue weighted by Crippen LogP contribution is -2.63. The predicted octanol–water partition coefficient (Wildman–Crippen LogP) is 2.25. The van der Waals surface area contributed by atoms with Crippen LogP contribution in [0.1, 0.15) is 47.0 Å². The van der Waals surface area contributed by atoms with Gasteiger partial charge in [0.15, 0.2) is 0 Å². The van der Waals surface area contributed by atoms with E-state index in [0.29, 0.717) is 15.6 Å². The normalized spacial score (nSPS) is 22.4. The standard InChI is InChI=1S/C16H34N2O3Si/c1-15(2)11-13(12-16(3,4)18(15)21-7)17-9-8-10-22-14(19-5)20-6/h13-14,17H,8-12H2,1-7H3. The molecule has 1 saturated heterocycles. The fourth-order valence-corrected chi connectivity index (χ4v) is 4.73. The summed E-state index contributed by atoms with van der Waals surface area (Å²) in [6.07, 6.45) is 3.36. The number of hydrogen-bond acceptors (Lipinski definition) is 5.